The third-order valence-electron chi connectivity index (χ3n) is 2.64. The average molecular weight is 257 g/mol. The molecule has 0 aliphatic rings. The number of carbonyl (C=O) groups is 1. The number of nitrogens with zero attached hydrogens (tertiary/aromatic N) is 1. The topological polar surface area (TPSA) is 91.2 Å². The number of carbonyl (C=O) groups excluding carboxylic acids is 1. The van der Waals surface area contributed by atoms with E-state index < -0.39 is 5.91 Å². The molecule has 0 spiro atoms. The Morgan fingerprint density at radius 3 is 2.74 bits per heavy atom. The van der Waals surface area contributed by atoms with Crippen molar-refractivity contribution in [3.8, 4) is 5.75 Å². The third-order valence-corrected chi connectivity index (χ3v) is 2.64. The van der Waals surface area contributed by atoms with Gasteiger partial charge in [0, 0.05) is 23.9 Å². The highest BCUT2D eigenvalue weighted by Crippen LogP contribution is 2.22. The fraction of sp³-hybridized carbons (Fsp3) is 0.143. The van der Waals surface area contributed by atoms with E-state index >= 15 is 0 Å². The van der Waals surface area contributed by atoms with Crippen molar-refractivity contribution in [1.82, 2.24) is 4.98 Å². The Hall–Kier alpha value is -2.56. The van der Waals surface area contributed by atoms with Crippen LogP contribution >= 0.6 is 0 Å². The van der Waals surface area contributed by atoms with E-state index in [2.05, 4.69) is 4.98 Å². The van der Waals surface area contributed by atoms with Gasteiger partial charge in [0.25, 0.3) is 0 Å². The van der Waals surface area contributed by atoms with Crippen molar-refractivity contribution < 1.29 is 9.53 Å². The zero-order chi connectivity index (χ0) is 13.7. The smallest absolute Gasteiger partial charge is 0.248 e. The maximum absolute atomic E-state index is 11.0. The molecule has 5 heteroatoms. The molecule has 0 bridgehead atoms. The van der Waals surface area contributed by atoms with Crippen LogP contribution in [0.1, 0.15) is 16.1 Å². The van der Waals surface area contributed by atoms with Crippen molar-refractivity contribution in [3.05, 3.63) is 53.9 Å². The van der Waals surface area contributed by atoms with E-state index in [-0.39, 0.29) is 0 Å². The highest BCUT2D eigenvalue weighted by atomic mass is 16.5. The van der Waals surface area contributed by atoms with E-state index in [4.69, 9.17) is 16.2 Å². The van der Waals surface area contributed by atoms with Crippen LogP contribution in [-0.2, 0) is 6.42 Å². The Morgan fingerprint density at radius 1 is 1.26 bits per heavy atom. The van der Waals surface area contributed by atoms with E-state index in [0.29, 0.717) is 30.0 Å². The number of hydrogen-bond acceptors (Lipinski definition) is 4. The molecule has 1 amide bonds. The third kappa shape index (κ3) is 3.45. The van der Waals surface area contributed by atoms with Crippen LogP contribution in [0.25, 0.3) is 0 Å². The molecule has 98 valence electrons. The summed E-state index contributed by atoms with van der Waals surface area (Å²) in [5, 5.41) is 0. The van der Waals surface area contributed by atoms with Gasteiger partial charge >= 0.3 is 0 Å². The number of nitrogen functional groups attached to an aromatic ring is 1. The van der Waals surface area contributed by atoms with E-state index in [9.17, 15) is 4.79 Å². The highest BCUT2D eigenvalue weighted by Gasteiger charge is 2.05. The van der Waals surface area contributed by atoms with Crippen molar-refractivity contribution in [2.24, 2.45) is 5.73 Å². The number of ether oxygens (including phenoxy) is 1. The first-order valence-electron chi connectivity index (χ1n) is 5.89. The molecule has 0 fully saturated rings. The standard InChI is InChI=1S/C14H15N3O2/c15-12-9-10(14(16)18)4-5-13(12)19-8-6-11-3-1-2-7-17-11/h1-5,7,9H,6,8,15H2,(H2,16,18). The van der Waals surface area contributed by atoms with Crippen LogP contribution in [0.2, 0.25) is 0 Å². The minimum atomic E-state index is -0.508. The number of pyridine rings is 1. The molecule has 0 saturated carbocycles. The van der Waals surface area contributed by atoms with Gasteiger partial charge < -0.3 is 16.2 Å². The quantitative estimate of drug-likeness (QED) is 0.792. The fourth-order valence-corrected chi connectivity index (χ4v) is 1.64. The molecular weight excluding hydrogens is 242 g/mol. The second-order valence-electron chi connectivity index (χ2n) is 4.04. The van der Waals surface area contributed by atoms with Gasteiger partial charge in [0.2, 0.25) is 5.91 Å². The van der Waals surface area contributed by atoms with Gasteiger partial charge in [-0.1, -0.05) is 6.07 Å². The number of benzene rings is 1. The van der Waals surface area contributed by atoms with Gasteiger partial charge in [-0.25, -0.2) is 0 Å². The molecule has 0 radical (unpaired) electrons. The zero-order valence-corrected chi connectivity index (χ0v) is 10.4. The second kappa shape index (κ2) is 5.86. The van der Waals surface area contributed by atoms with Crippen molar-refractivity contribution in [3.63, 3.8) is 0 Å². The summed E-state index contributed by atoms with van der Waals surface area (Å²) in [6, 6.07) is 10.5. The predicted octanol–water partition coefficient (Wildman–Crippen LogP) is 1.38. The fourth-order valence-electron chi connectivity index (χ4n) is 1.64. The SMILES string of the molecule is NC(=O)c1ccc(OCCc2ccccn2)c(N)c1. The monoisotopic (exact) mass is 257 g/mol. The maximum atomic E-state index is 11.0. The Labute approximate surface area is 111 Å². The highest BCUT2D eigenvalue weighted by molar-refractivity contribution is 5.94. The molecule has 1 aromatic heterocycles. The van der Waals surface area contributed by atoms with Gasteiger partial charge in [-0.2, -0.15) is 0 Å². The van der Waals surface area contributed by atoms with E-state index in [1.165, 1.54) is 6.07 Å². The molecule has 19 heavy (non-hydrogen) atoms. The van der Waals surface area contributed by atoms with Gasteiger partial charge in [0.1, 0.15) is 5.75 Å². The molecule has 0 aliphatic heterocycles. The summed E-state index contributed by atoms with van der Waals surface area (Å²) in [5.74, 6) is 0.0349. The summed E-state index contributed by atoms with van der Waals surface area (Å²) in [6.45, 7) is 0.469. The van der Waals surface area contributed by atoms with Crippen LogP contribution in [0, 0.1) is 0 Å². The normalized spacial score (nSPS) is 10.1. The number of nitrogens with two attached hydrogens (primary N) is 2. The molecule has 2 rings (SSSR count). The Balaban J connectivity index is 1.95. The molecule has 1 aromatic carbocycles. The number of primary amides is 1. The van der Waals surface area contributed by atoms with Gasteiger partial charge in [-0.15, -0.1) is 0 Å². The summed E-state index contributed by atoms with van der Waals surface area (Å²) in [4.78, 5) is 15.2. The van der Waals surface area contributed by atoms with Crippen LogP contribution < -0.4 is 16.2 Å². The molecule has 1 heterocycles. The van der Waals surface area contributed by atoms with Crippen LogP contribution in [0.3, 0.4) is 0 Å². The lowest BCUT2D eigenvalue weighted by molar-refractivity contribution is 0.100. The number of rotatable bonds is 5. The molecule has 5 nitrogen and oxygen atoms in total. The Kier molecular flexibility index (Phi) is 3.97. The lowest BCUT2D eigenvalue weighted by Crippen LogP contribution is -2.11. The molecular formula is C14H15N3O2. The molecule has 0 aliphatic carbocycles. The number of hydrogen-bond donors (Lipinski definition) is 2. The first kappa shape index (κ1) is 12.9. The van der Waals surface area contributed by atoms with Gasteiger partial charge in [-0.3, -0.25) is 9.78 Å². The van der Waals surface area contributed by atoms with Crippen molar-refractivity contribution in [2.75, 3.05) is 12.3 Å². The van der Waals surface area contributed by atoms with E-state index in [0.717, 1.165) is 5.69 Å². The van der Waals surface area contributed by atoms with E-state index in [1.54, 1.807) is 18.3 Å². The molecule has 4 N–H and O–H groups in total. The first-order valence-corrected chi connectivity index (χ1v) is 5.89. The summed E-state index contributed by atoms with van der Waals surface area (Å²) >= 11 is 0. The minimum absolute atomic E-state index is 0.370. The van der Waals surface area contributed by atoms with Crippen LogP contribution in [0.5, 0.6) is 5.75 Å². The number of anilines is 1. The lowest BCUT2D eigenvalue weighted by atomic mass is 10.2. The van der Waals surface area contributed by atoms with Crippen molar-refractivity contribution in [1.29, 1.82) is 0 Å². The molecule has 2 aromatic rings. The summed E-state index contributed by atoms with van der Waals surface area (Å²) in [5.41, 5.74) is 12.7. The predicted molar refractivity (Wildman–Crippen MR) is 72.8 cm³/mol. The molecule has 0 unspecified atom stereocenters. The largest absolute Gasteiger partial charge is 0.491 e. The zero-order valence-electron chi connectivity index (χ0n) is 10.4. The lowest BCUT2D eigenvalue weighted by Gasteiger charge is -2.09. The maximum Gasteiger partial charge on any atom is 0.248 e. The molecule has 0 saturated heterocycles. The van der Waals surface area contributed by atoms with Crippen LogP contribution in [0.4, 0.5) is 5.69 Å². The number of aromatic nitrogens is 1. The summed E-state index contributed by atoms with van der Waals surface area (Å²) < 4.78 is 5.56. The van der Waals surface area contributed by atoms with Crippen LogP contribution in [0.15, 0.2) is 42.6 Å². The van der Waals surface area contributed by atoms with Crippen molar-refractivity contribution in [2.45, 2.75) is 6.42 Å². The minimum Gasteiger partial charge on any atom is -0.491 e. The first-order chi connectivity index (χ1) is 9.16. The van der Waals surface area contributed by atoms with Crippen molar-refractivity contribution >= 4 is 11.6 Å². The molecule has 0 atom stereocenters. The Morgan fingerprint density at radius 2 is 2.11 bits per heavy atom. The Bertz CT molecular complexity index is 570. The van der Waals surface area contributed by atoms with Crippen LogP contribution in [-0.4, -0.2) is 17.5 Å². The summed E-state index contributed by atoms with van der Waals surface area (Å²) in [7, 11) is 0. The van der Waals surface area contributed by atoms with E-state index in [1.807, 2.05) is 18.2 Å². The second-order valence-corrected chi connectivity index (χ2v) is 4.04. The van der Waals surface area contributed by atoms with Gasteiger partial charge in [0.15, 0.2) is 0 Å². The summed E-state index contributed by atoms with van der Waals surface area (Å²) in [6.07, 6.45) is 2.43. The average Bonchev–Trinajstić information content (AvgIpc) is 2.41. The van der Waals surface area contributed by atoms with Gasteiger partial charge in [0.05, 0.1) is 12.3 Å². The van der Waals surface area contributed by atoms with Gasteiger partial charge in [-0.05, 0) is 30.3 Å². The number of amides is 1.